The molecule has 0 bridgehead atoms. The zero-order valence-corrected chi connectivity index (χ0v) is 14.0. The summed E-state index contributed by atoms with van der Waals surface area (Å²) in [6.07, 6.45) is 0.597. The smallest absolute Gasteiger partial charge is 0.232 e. The maximum absolute atomic E-state index is 14.0. The molecule has 6 heteroatoms. The summed E-state index contributed by atoms with van der Waals surface area (Å²) < 4.78 is 14.0. The van der Waals surface area contributed by atoms with Crippen LogP contribution in [0, 0.1) is 15.9 Å². The summed E-state index contributed by atoms with van der Waals surface area (Å²) in [6.45, 7) is 1.77. The average molecular weight is 351 g/mol. The molecule has 0 radical (unpaired) electrons. The average Bonchev–Trinajstić information content (AvgIpc) is 2.56. The largest absolute Gasteiger partial charge is 0.292 e. The first-order chi connectivity index (χ1) is 11.1. The topological polar surface area (TPSA) is 46.4 Å². The first kappa shape index (κ1) is 18.4. The van der Waals surface area contributed by atoms with Gasteiger partial charge in [0.2, 0.25) is 6.04 Å². The molecule has 1 heterocycles. The van der Waals surface area contributed by atoms with Crippen LogP contribution < -0.4 is 0 Å². The lowest BCUT2D eigenvalue weighted by Gasteiger charge is -2.34. The van der Waals surface area contributed by atoms with E-state index in [9.17, 15) is 14.5 Å². The van der Waals surface area contributed by atoms with Gasteiger partial charge in [0, 0.05) is 11.5 Å². The predicted molar refractivity (Wildman–Crippen MR) is 93.5 cm³/mol. The molecule has 0 N–H and O–H groups in total. The summed E-state index contributed by atoms with van der Waals surface area (Å²) in [5.41, 5.74) is 1.60. The van der Waals surface area contributed by atoms with Crippen LogP contribution in [0.25, 0.3) is 0 Å². The zero-order valence-electron chi connectivity index (χ0n) is 13.2. The molecule has 4 nitrogen and oxygen atoms in total. The van der Waals surface area contributed by atoms with Gasteiger partial charge in [-0.15, -0.1) is 12.4 Å². The van der Waals surface area contributed by atoms with Gasteiger partial charge in [-0.1, -0.05) is 48.5 Å². The van der Waals surface area contributed by atoms with Crippen molar-refractivity contribution in [2.45, 2.75) is 24.9 Å². The minimum atomic E-state index is -0.774. The molecule has 1 aliphatic rings. The van der Waals surface area contributed by atoms with E-state index in [4.69, 9.17) is 0 Å². The molecule has 1 aliphatic heterocycles. The molecule has 128 valence electrons. The number of rotatable bonds is 4. The maximum Gasteiger partial charge on any atom is 0.232 e. The summed E-state index contributed by atoms with van der Waals surface area (Å²) in [7, 11) is 0. The number of nitro groups is 1. The highest BCUT2D eigenvalue weighted by molar-refractivity contribution is 5.85. The number of piperidine rings is 1. The minimum absolute atomic E-state index is 0. The molecule has 0 aliphatic carbocycles. The summed E-state index contributed by atoms with van der Waals surface area (Å²) >= 11 is 0. The lowest BCUT2D eigenvalue weighted by atomic mass is 9.85. The Hall–Kier alpha value is -1.98. The van der Waals surface area contributed by atoms with Crippen LogP contribution in [0.2, 0.25) is 0 Å². The maximum atomic E-state index is 14.0. The number of likely N-dealkylation sites (tertiary alicyclic amines) is 1. The van der Waals surface area contributed by atoms with Crippen LogP contribution in [-0.2, 0) is 6.54 Å². The van der Waals surface area contributed by atoms with Crippen molar-refractivity contribution in [2.75, 3.05) is 13.1 Å². The van der Waals surface area contributed by atoms with Gasteiger partial charge in [-0.3, -0.25) is 15.0 Å². The number of benzene rings is 2. The van der Waals surface area contributed by atoms with Gasteiger partial charge in [0.1, 0.15) is 5.82 Å². The fourth-order valence-corrected chi connectivity index (χ4v) is 3.33. The standard InChI is InChI=1S/C18H19FN2O2.ClH/c19-17-9-5-4-8-15(17)16-10-11-20(13-18(16)21(22)23)12-14-6-2-1-3-7-14;/h1-9,16,18H,10-13H2;1H. The first-order valence-corrected chi connectivity index (χ1v) is 7.79. The first-order valence-electron chi connectivity index (χ1n) is 7.79. The van der Waals surface area contributed by atoms with Crippen LogP contribution in [0.4, 0.5) is 4.39 Å². The summed E-state index contributed by atoms with van der Waals surface area (Å²) in [5.74, 6) is -0.709. The molecule has 0 spiro atoms. The van der Waals surface area contributed by atoms with Crippen LogP contribution >= 0.6 is 12.4 Å². The Kier molecular flexibility index (Phi) is 6.29. The molecule has 0 amide bonds. The molecular weight excluding hydrogens is 331 g/mol. The fraction of sp³-hybridized carbons (Fsp3) is 0.333. The van der Waals surface area contributed by atoms with E-state index in [1.54, 1.807) is 18.2 Å². The zero-order chi connectivity index (χ0) is 16.2. The molecule has 2 atom stereocenters. The SMILES string of the molecule is Cl.O=[N+]([O-])C1CN(Cc2ccccc2)CCC1c1ccccc1F. The van der Waals surface area contributed by atoms with Gasteiger partial charge in [0.25, 0.3) is 0 Å². The van der Waals surface area contributed by atoms with Crippen molar-refractivity contribution in [3.05, 3.63) is 81.7 Å². The molecule has 0 saturated carbocycles. The van der Waals surface area contributed by atoms with Crippen LogP contribution in [0.1, 0.15) is 23.5 Å². The lowest BCUT2D eigenvalue weighted by Crippen LogP contribution is -2.46. The highest BCUT2D eigenvalue weighted by Crippen LogP contribution is 2.32. The number of hydrogen-bond donors (Lipinski definition) is 0. The van der Waals surface area contributed by atoms with E-state index >= 15 is 0 Å². The van der Waals surface area contributed by atoms with Gasteiger partial charge in [0.15, 0.2) is 0 Å². The Morgan fingerprint density at radius 2 is 1.79 bits per heavy atom. The number of nitrogens with zero attached hydrogens (tertiary/aromatic N) is 2. The van der Waals surface area contributed by atoms with Crippen molar-refractivity contribution in [2.24, 2.45) is 0 Å². The van der Waals surface area contributed by atoms with E-state index in [0.717, 1.165) is 12.1 Å². The fourth-order valence-electron chi connectivity index (χ4n) is 3.33. The summed E-state index contributed by atoms with van der Waals surface area (Å²) in [4.78, 5) is 13.3. The van der Waals surface area contributed by atoms with E-state index in [1.807, 2.05) is 30.3 Å². The van der Waals surface area contributed by atoms with E-state index in [2.05, 4.69) is 4.90 Å². The van der Waals surface area contributed by atoms with Crippen molar-refractivity contribution in [1.82, 2.24) is 4.90 Å². The third-order valence-electron chi connectivity index (χ3n) is 4.49. The van der Waals surface area contributed by atoms with Crippen LogP contribution in [-0.4, -0.2) is 29.0 Å². The number of halogens is 2. The monoisotopic (exact) mass is 350 g/mol. The molecule has 1 saturated heterocycles. The highest BCUT2D eigenvalue weighted by Gasteiger charge is 2.39. The number of hydrogen-bond acceptors (Lipinski definition) is 3. The summed E-state index contributed by atoms with van der Waals surface area (Å²) in [6, 6.07) is 15.5. The van der Waals surface area contributed by atoms with Crippen molar-refractivity contribution in [3.63, 3.8) is 0 Å². The van der Waals surface area contributed by atoms with Crippen molar-refractivity contribution < 1.29 is 9.31 Å². The second-order valence-electron chi connectivity index (χ2n) is 5.99. The third kappa shape index (κ3) is 4.10. The van der Waals surface area contributed by atoms with E-state index in [1.165, 1.54) is 6.07 Å². The van der Waals surface area contributed by atoms with Crippen LogP contribution in [0.3, 0.4) is 0 Å². The third-order valence-corrected chi connectivity index (χ3v) is 4.49. The molecule has 1 fully saturated rings. The minimum Gasteiger partial charge on any atom is -0.292 e. The van der Waals surface area contributed by atoms with Gasteiger partial charge >= 0.3 is 0 Å². The second kappa shape index (κ2) is 8.22. The molecular formula is C18H20ClFN2O2. The van der Waals surface area contributed by atoms with E-state index in [0.29, 0.717) is 25.1 Å². The highest BCUT2D eigenvalue weighted by atomic mass is 35.5. The second-order valence-corrected chi connectivity index (χ2v) is 5.99. The molecule has 2 unspecified atom stereocenters. The van der Waals surface area contributed by atoms with Crippen molar-refractivity contribution in [3.8, 4) is 0 Å². The van der Waals surface area contributed by atoms with Crippen LogP contribution in [0.5, 0.6) is 0 Å². The van der Waals surface area contributed by atoms with Crippen molar-refractivity contribution in [1.29, 1.82) is 0 Å². The van der Waals surface area contributed by atoms with Gasteiger partial charge < -0.3 is 0 Å². The predicted octanol–water partition coefficient (Wildman–Crippen LogP) is 3.88. The lowest BCUT2D eigenvalue weighted by molar-refractivity contribution is -0.530. The molecule has 2 aromatic carbocycles. The Morgan fingerprint density at radius 3 is 2.46 bits per heavy atom. The van der Waals surface area contributed by atoms with Crippen LogP contribution in [0.15, 0.2) is 54.6 Å². The van der Waals surface area contributed by atoms with E-state index in [-0.39, 0.29) is 29.1 Å². The quantitative estimate of drug-likeness (QED) is 0.621. The Labute approximate surface area is 146 Å². The molecule has 2 aromatic rings. The molecule has 3 rings (SSSR count). The summed E-state index contributed by atoms with van der Waals surface area (Å²) in [5, 5.41) is 11.5. The Balaban J connectivity index is 0.00000208. The Bertz CT molecular complexity index is 684. The van der Waals surface area contributed by atoms with Gasteiger partial charge in [0.05, 0.1) is 12.5 Å². The Morgan fingerprint density at radius 1 is 1.12 bits per heavy atom. The molecule has 0 aromatic heterocycles. The van der Waals surface area contributed by atoms with Gasteiger partial charge in [-0.2, -0.15) is 0 Å². The molecule has 24 heavy (non-hydrogen) atoms. The van der Waals surface area contributed by atoms with E-state index < -0.39 is 6.04 Å². The van der Waals surface area contributed by atoms with Gasteiger partial charge in [-0.05, 0) is 30.2 Å². The normalized spacial score (nSPS) is 21.0. The van der Waals surface area contributed by atoms with Gasteiger partial charge in [-0.25, -0.2) is 4.39 Å². The van der Waals surface area contributed by atoms with Crippen molar-refractivity contribution >= 4 is 12.4 Å².